The normalized spacial score (nSPS) is 10.1. The van der Waals surface area contributed by atoms with Crippen molar-refractivity contribution in [3.8, 4) is 0 Å². The number of nitrogens with one attached hydrogen (secondary N) is 1. The Hall–Kier alpha value is -1.32. The topological polar surface area (TPSA) is 29.1 Å². The Morgan fingerprint density at radius 3 is 2.81 bits per heavy atom. The van der Waals surface area contributed by atoms with E-state index >= 15 is 0 Å². The molecule has 0 fully saturated rings. The Morgan fingerprint density at radius 1 is 1.38 bits per heavy atom. The second-order valence-electron chi connectivity index (χ2n) is 3.39. The van der Waals surface area contributed by atoms with Gasteiger partial charge in [0.05, 0.1) is 4.88 Å². The minimum absolute atomic E-state index is 0.0829. The monoisotopic (exact) mass is 251 g/mol. The molecule has 0 bridgehead atoms. The zero-order valence-corrected chi connectivity index (χ0v) is 10.2. The van der Waals surface area contributed by atoms with E-state index in [4.69, 9.17) is 11.6 Å². The van der Waals surface area contributed by atoms with Gasteiger partial charge in [-0.05, 0) is 42.1 Å². The van der Waals surface area contributed by atoms with Crippen LogP contribution in [0, 0.1) is 6.92 Å². The number of aryl methyl sites for hydroxylation is 1. The minimum atomic E-state index is -0.0829. The number of benzene rings is 1. The standard InChI is InChI=1S/C12H10ClNOS/c1-8-7-9(13)4-5-10(8)14-12(15)11-3-2-6-16-11/h2-7H,1H3,(H,14,15). The van der Waals surface area contributed by atoms with E-state index in [1.165, 1.54) is 11.3 Å². The first-order chi connectivity index (χ1) is 7.66. The molecule has 4 heteroatoms. The SMILES string of the molecule is Cc1cc(Cl)ccc1NC(=O)c1cccs1. The van der Waals surface area contributed by atoms with Crippen LogP contribution in [0.1, 0.15) is 15.2 Å². The molecule has 0 saturated heterocycles. The van der Waals surface area contributed by atoms with Crippen molar-refractivity contribution in [2.75, 3.05) is 5.32 Å². The molecule has 1 N–H and O–H groups in total. The number of anilines is 1. The number of hydrogen-bond donors (Lipinski definition) is 1. The zero-order chi connectivity index (χ0) is 11.5. The molecule has 1 aromatic carbocycles. The van der Waals surface area contributed by atoms with Crippen molar-refractivity contribution in [1.29, 1.82) is 0 Å². The van der Waals surface area contributed by atoms with E-state index in [0.717, 1.165) is 11.3 Å². The van der Waals surface area contributed by atoms with Crippen LogP contribution in [0.4, 0.5) is 5.69 Å². The summed E-state index contributed by atoms with van der Waals surface area (Å²) in [6.07, 6.45) is 0. The van der Waals surface area contributed by atoms with Gasteiger partial charge in [0.1, 0.15) is 0 Å². The van der Waals surface area contributed by atoms with Gasteiger partial charge < -0.3 is 5.32 Å². The molecule has 1 aromatic heterocycles. The molecule has 0 radical (unpaired) electrons. The summed E-state index contributed by atoms with van der Waals surface area (Å²) in [4.78, 5) is 12.5. The highest BCUT2D eigenvalue weighted by Crippen LogP contribution is 2.20. The van der Waals surface area contributed by atoms with Crippen LogP contribution in [-0.2, 0) is 0 Å². The maximum absolute atomic E-state index is 11.8. The molecule has 0 aliphatic heterocycles. The predicted molar refractivity (Wildman–Crippen MR) is 68.5 cm³/mol. The van der Waals surface area contributed by atoms with Gasteiger partial charge in [-0.3, -0.25) is 4.79 Å². The van der Waals surface area contributed by atoms with E-state index in [-0.39, 0.29) is 5.91 Å². The molecule has 0 atom stereocenters. The third-order valence-corrected chi connectivity index (χ3v) is 3.29. The highest BCUT2D eigenvalue weighted by Gasteiger charge is 2.08. The van der Waals surface area contributed by atoms with Crippen molar-refractivity contribution in [1.82, 2.24) is 0 Å². The van der Waals surface area contributed by atoms with Crippen LogP contribution < -0.4 is 5.32 Å². The number of halogens is 1. The molecule has 0 aliphatic carbocycles. The van der Waals surface area contributed by atoms with Crippen molar-refractivity contribution < 1.29 is 4.79 Å². The van der Waals surface area contributed by atoms with Crippen LogP contribution >= 0.6 is 22.9 Å². The molecular formula is C12H10ClNOS. The van der Waals surface area contributed by atoms with E-state index in [1.807, 2.05) is 30.5 Å². The lowest BCUT2D eigenvalue weighted by molar-refractivity contribution is 0.103. The Bertz CT molecular complexity index is 508. The van der Waals surface area contributed by atoms with Crippen molar-refractivity contribution in [3.63, 3.8) is 0 Å². The van der Waals surface area contributed by atoms with Gasteiger partial charge in [0.15, 0.2) is 0 Å². The van der Waals surface area contributed by atoms with E-state index in [0.29, 0.717) is 9.90 Å². The van der Waals surface area contributed by atoms with Crippen molar-refractivity contribution >= 4 is 34.5 Å². The Balaban J connectivity index is 2.18. The average molecular weight is 252 g/mol. The van der Waals surface area contributed by atoms with Gasteiger partial charge >= 0.3 is 0 Å². The summed E-state index contributed by atoms with van der Waals surface area (Å²) in [7, 11) is 0. The predicted octanol–water partition coefficient (Wildman–Crippen LogP) is 3.96. The number of thiophene rings is 1. The van der Waals surface area contributed by atoms with Gasteiger partial charge in [0.2, 0.25) is 0 Å². The highest BCUT2D eigenvalue weighted by atomic mass is 35.5. The third kappa shape index (κ3) is 2.43. The molecule has 0 aliphatic rings. The van der Waals surface area contributed by atoms with Gasteiger partial charge in [-0.15, -0.1) is 11.3 Å². The first-order valence-corrected chi connectivity index (χ1v) is 6.03. The molecule has 2 nitrogen and oxygen atoms in total. The van der Waals surface area contributed by atoms with Crippen LogP contribution in [0.5, 0.6) is 0 Å². The Morgan fingerprint density at radius 2 is 2.19 bits per heavy atom. The molecule has 1 amide bonds. The summed E-state index contributed by atoms with van der Waals surface area (Å²) in [5.74, 6) is -0.0829. The third-order valence-electron chi connectivity index (χ3n) is 2.18. The molecule has 2 rings (SSSR count). The molecule has 1 heterocycles. The number of carbonyl (C=O) groups excluding carboxylic acids is 1. The summed E-state index contributed by atoms with van der Waals surface area (Å²) in [6.45, 7) is 1.91. The fraction of sp³-hybridized carbons (Fsp3) is 0.0833. The maximum Gasteiger partial charge on any atom is 0.265 e. The number of carbonyl (C=O) groups is 1. The number of rotatable bonds is 2. The molecular weight excluding hydrogens is 242 g/mol. The summed E-state index contributed by atoms with van der Waals surface area (Å²) >= 11 is 7.26. The molecule has 2 aromatic rings. The van der Waals surface area contributed by atoms with Crippen LogP contribution in [0.3, 0.4) is 0 Å². The first kappa shape index (κ1) is 11.2. The molecule has 0 saturated carbocycles. The largest absolute Gasteiger partial charge is 0.321 e. The summed E-state index contributed by atoms with van der Waals surface area (Å²) < 4.78 is 0. The molecule has 0 unspecified atom stereocenters. The van der Waals surface area contributed by atoms with Gasteiger partial charge in [-0.25, -0.2) is 0 Å². The lowest BCUT2D eigenvalue weighted by Gasteiger charge is -2.07. The summed E-state index contributed by atoms with van der Waals surface area (Å²) in [5, 5.41) is 5.40. The fourth-order valence-corrected chi connectivity index (χ4v) is 2.20. The van der Waals surface area contributed by atoms with Gasteiger partial charge in [0, 0.05) is 10.7 Å². The van der Waals surface area contributed by atoms with Crippen molar-refractivity contribution in [3.05, 3.63) is 51.2 Å². The lowest BCUT2D eigenvalue weighted by atomic mass is 10.2. The minimum Gasteiger partial charge on any atom is -0.321 e. The summed E-state index contributed by atoms with van der Waals surface area (Å²) in [5.41, 5.74) is 1.75. The molecule has 16 heavy (non-hydrogen) atoms. The van der Waals surface area contributed by atoms with E-state index in [9.17, 15) is 4.79 Å². The Labute approximate surface area is 103 Å². The van der Waals surface area contributed by atoms with Gasteiger partial charge in [0.25, 0.3) is 5.91 Å². The van der Waals surface area contributed by atoms with E-state index < -0.39 is 0 Å². The van der Waals surface area contributed by atoms with Crippen LogP contribution in [0.2, 0.25) is 5.02 Å². The summed E-state index contributed by atoms with van der Waals surface area (Å²) in [6, 6.07) is 9.05. The van der Waals surface area contributed by atoms with Crippen molar-refractivity contribution in [2.45, 2.75) is 6.92 Å². The second kappa shape index (κ2) is 4.68. The molecule has 0 spiro atoms. The van der Waals surface area contributed by atoms with E-state index in [1.54, 1.807) is 12.1 Å². The van der Waals surface area contributed by atoms with E-state index in [2.05, 4.69) is 5.32 Å². The van der Waals surface area contributed by atoms with Crippen LogP contribution in [0.25, 0.3) is 0 Å². The molecule has 82 valence electrons. The van der Waals surface area contributed by atoms with Gasteiger partial charge in [-0.1, -0.05) is 17.7 Å². The quantitative estimate of drug-likeness (QED) is 0.860. The average Bonchev–Trinajstić information content (AvgIpc) is 2.75. The van der Waals surface area contributed by atoms with Crippen LogP contribution in [-0.4, -0.2) is 5.91 Å². The highest BCUT2D eigenvalue weighted by molar-refractivity contribution is 7.12. The Kier molecular flexibility index (Phi) is 3.27. The fourth-order valence-electron chi connectivity index (χ4n) is 1.36. The van der Waals surface area contributed by atoms with Crippen molar-refractivity contribution in [2.24, 2.45) is 0 Å². The smallest absolute Gasteiger partial charge is 0.265 e. The number of amides is 1. The lowest BCUT2D eigenvalue weighted by Crippen LogP contribution is -2.10. The van der Waals surface area contributed by atoms with Gasteiger partial charge in [-0.2, -0.15) is 0 Å². The second-order valence-corrected chi connectivity index (χ2v) is 4.77. The maximum atomic E-state index is 11.8. The first-order valence-electron chi connectivity index (χ1n) is 4.78. The zero-order valence-electron chi connectivity index (χ0n) is 8.66. The number of hydrogen-bond acceptors (Lipinski definition) is 2. The van der Waals surface area contributed by atoms with Crippen LogP contribution in [0.15, 0.2) is 35.7 Å².